The molecule has 1 aromatic carbocycles. The number of hydrogen-bond donors (Lipinski definition) is 2. The maximum atomic E-state index is 10.1. The number of phenols is 1. The van der Waals surface area contributed by atoms with Gasteiger partial charge in [0.2, 0.25) is 0 Å². The minimum absolute atomic E-state index is 0.280. The molecule has 4 heteroatoms. The second-order valence-corrected chi connectivity index (χ2v) is 5.97. The molecule has 0 saturated heterocycles. The summed E-state index contributed by atoms with van der Waals surface area (Å²) in [6.45, 7) is 16.3. The third-order valence-electron chi connectivity index (χ3n) is 4.34. The number of aryl methyl sites for hydroxylation is 2. The highest BCUT2D eigenvalue weighted by Crippen LogP contribution is 2.23. The highest BCUT2D eigenvalue weighted by Gasteiger charge is 2.18. The van der Waals surface area contributed by atoms with Crippen LogP contribution in [0.2, 0.25) is 0 Å². The Kier molecular flexibility index (Phi) is 24.4. The number of hydrogen-bond acceptors (Lipinski definition) is 4. The molecule has 2 N–H and O–H groups in total. The molecular formula is C23H41NO3. The van der Waals surface area contributed by atoms with E-state index in [9.17, 15) is 4.79 Å². The second-order valence-electron chi connectivity index (χ2n) is 5.97. The third kappa shape index (κ3) is 14.9. The highest BCUT2D eigenvalue weighted by molar-refractivity contribution is 5.50. The van der Waals surface area contributed by atoms with Crippen molar-refractivity contribution in [2.45, 2.75) is 72.3 Å². The molecule has 1 aromatic rings. The van der Waals surface area contributed by atoms with Crippen LogP contribution in [0.5, 0.6) is 5.75 Å². The van der Waals surface area contributed by atoms with Crippen molar-refractivity contribution in [1.29, 1.82) is 0 Å². The number of phenolic OH excluding ortho intramolecular Hbond substituents is 1. The highest BCUT2D eigenvalue weighted by atomic mass is 16.3. The first-order chi connectivity index (χ1) is 13.1. The number of carbonyl (C=O) groups is 2. The van der Waals surface area contributed by atoms with Gasteiger partial charge in [0.1, 0.15) is 18.8 Å². The number of aldehydes is 1. The van der Waals surface area contributed by atoms with E-state index >= 15 is 0 Å². The van der Waals surface area contributed by atoms with E-state index in [1.54, 1.807) is 12.1 Å². The van der Waals surface area contributed by atoms with Crippen molar-refractivity contribution >= 4 is 13.1 Å². The van der Waals surface area contributed by atoms with Gasteiger partial charge >= 0.3 is 0 Å². The first-order valence-corrected chi connectivity index (χ1v) is 9.76. The van der Waals surface area contributed by atoms with E-state index in [0.29, 0.717) is 6.42 Å². The minimum Gasteiger partial charge on any atom is -0.508 e. The minimum atomic E-state index is 0.280. The summed E-state index contributed by atoms with van der Waals surface area (Å²) in [4.78, 5) is 18.1. The quantitative estimate of drug-likeness (QED) is 0.553. The molecule has 0 aliphatic heterocycles. The number of nitrogens with one attached hydrogen (secondary N) is 1. The predicted octanol–water partition coefficient (Wildman–Crippen LogP) is 5.26. The van der Waals surface area contributed by atoms with Crippen LogP contribution in [0.15, 0.2) is 31.4 Å². The van der Waals surface area contributed by atoms with Gasteiger partial charge in [-0.05, 0) is 62.4 Å². The molecule has 2 atom stereocenters. The lowest BCUT2D eigenvalue weighted by Crippen LogP contribution is -2.34. The van der Waals surface area contributed by atoms with Crippen LogP contribution in [-0.4, -0.2) is 31.3 Å². The first kappa shape index (κ1) is 29.8. The molecule has 1 unspecified atom stereocenters. The van der Waals surface area contributed by atoms with Crippen LogP contribution < -0.4 is 5.32 Å². The van der Waals surface area contributed by atoms with Crippen molar-refractivity contribution in [2.24, 2.45) is 5.92 Å². The molecule has 0 amide bonds. The summed E-state index contributed by atoms with van der Waals surface area (Å²) in [7, 11) is 2.08. The third-order valence-corrected chi connectivity index (χ3v) is 4.34. The van der Waals surface area contributed by atoms with Gasteiger partial charge in [0.15, 0.2) is 0 Å². The van der Waals surface area contributed by atoms with E-state index in [-0.39, 0.29) is 5.75 Å². The monoisotopic (exact) mass is 379 g/mol. The van der Waals surface area contributed by atoms with Crippen molar-refractivity contribution in [3.05, 3.63) is 42.5 Å². The maximum absolute atomic E-state index is 10.1. The Morgan fingerprint density at radius 1 is 1.19 bits per heavy atom. The van der Waals surface area contributed by atoms with Gasteiger partial charge in [-0.15, -0.1) is 13.2 Å². The lowest BCUT2D eigenvalue weighted by Gasteiger charge is -2.27. The zero-order chi connectivity index (χ0) is 21.7. The molecule has 1 fully saturated rings. The molecular weight excluding hydrogens is 338 g/mol. The molecule has 0 aromatic heterocycles. The lowest BCUT2D eigenvalue weighted by atomic mass is 9.86. The molecule has 27 heavy (non-hydrogen) atoms. The van der Waals surface area contributed by atoms with E-state index in [0.717, 1.165) is 35.8 Å². The van der Waals surface area contributed by atoms with Crippen molar-refractivity contribution in [3.63, 3.8) is 0 Å². The molecule has 1 saturated carbocycles. The normalized spacial score (nSPS) is 17.1. The fourth-order valence-electron chi connectivity index (χ4n) is 2.92. The van der Waals surface area contributed by atoms with Gasteiger partial charge in [-0.3, -0.25) is 0 Å². The smallest absolute Gasteiger partial charge is 0.120 e. The topological polar surface area (TPSA) is 66.4 Å². The Balaban J connectivity index is -0.000000341. The number of rotatable bonds is 4. The Hall–Kier alpha value is -1.94. The molecule has 1 aliphatic carbocycles. The predicted molar refractivity (Wildman–Crippen MR) is 117 cm³/mol. The van der Waals surface area contributed by atoms with E-state index < -0.39 is 0 Å². The molecule has 4 nitrogen and oxygen atoms in total. The lowest BCUT2D eigenvalue weighted by molar-refractivity contribution is -0.107. The van der Waals surface area contributed by atoms with Crippen molar-refractivity contribution < 1.29 is 14.7 Å². The number of carbonyl (C=O) groups excluding carboxylic acids is 2. The zero-order valence-electron chi connectivity index (χ0n) is 18.1. The van der Waals surface area contributed by atoms with Crippen LogP contribution in [0.1, 0.15) is 64.0 Å². The second kappa shape index (κ2) is 22.1. The molecule has 0 spiro atoms. The van der Waals surface area contributed by atoms with Crippen LogP contribution in [-0.2, 0) is 16.0 Å². The van der Waals surface area contributed by atoms with E-state index in [4.69, 9.17) is 9.90 Å². The molecule has 156 valence electrons. The molecule has 1 aliphatic rings. The summed E-state index contributed by atoms with van der Waals surface area (Å²) >= 11 is 0. The van der Waals surface area contributed by atoms with Crippen molar-refractivity contribution in [3.8, 4) is 5.75 Å². The van der Waals surface area contributed by atoms with Crippen LogP contribution in [0.25, 0.3) is 0 Å². The van der Waals surface area contributed by atoms with Crippen LogP contribution in [0.4, 0.5) is 0 Å². The first-order valence-electron chi connectivity index (χ1n) is 9.76. The molecule has 0 bridgehead atoms. The average Bonchev–Trinajstić information content (AvgIpc) is 2.73. The van der Waals surface area contributed by atoms with Gasteiger partial charge < -0.3 is 20.0 Å². The summed E-state index contributed by atoms with van der Waals surface area (Å²) in [5.74, 6) is 1.19. The summed E-state index contributed by atoms with van der Waals surface area (Å²) in [6.07, 6.45) is 7.89. The average molecular weight is 380 g/mol. The molecule has 2 rings (SSSR count). The summed E-state index contributed by atoms with van der Waals surface area (Å²) in [6, 6.07) is 6.01. The SMILES string of the molecule is C=C.C=O.CC.CNC1CCCC[C@@H]1C.Cc1cc(O)ccc1CCC=O. The summed E-state index contributed by atoms with van der Waals surface area (Å²) in [5, 5.41) is 12.4. The summed E-state index contributed by atoms with van der Waals surface area (Å²) < 4.78 is 0. The molecule has 0 radical (unpaired) electrons. The Morgan fingerprint density at radius 3 is 2.15 bits per heavy atom. The number of aromatic hydroxyl groups is 1. The van der Waals surface area contributed by atoms with Gasteiger partial charge in [0.25, 0.3) is 0 Å². The van der Waals surface area contributed by atoms with Gasteiger partial charge in [-0.25, -0.2) is 0 Å². The van der Waals surface area contributed by atoms with Gasteiger partial charge in [-0.1, -0.05) is 39.7 Å². The van der Waals surface area contributed by atoms with Crippen LogP contribution in [0, 0.1) is 12.8 Å². The van der Waals surface area contributed by atoms with Crippen LogP contribution in [0.3, 0.4) is 0 Å². The Bertz CT molecular complexity index is 461. The standard InChI is InChI=1S/C10H12O2.C8H17N.C2H6.C2H4.CH2O/c1-8-7-10(12)5-4-9(8)3-2-6-11;1-7-5-3-4-6-8(7)9-2;3*1-2/h4-7,12H,2-3H2,1H3;7-9H,3-6H2,1-2H3;1-2H3;1-2H2;1H2/t;7-,8?;;;/m.0.../s1. The van der Waals surface area contributed by atoms with Crippen molar-refractivity contribution in [2.75, 3.05) is 7.05 Å². The molecule has 0 heterocycles. The van der Waals surface area contributed by atoms with E-state index in [2.05, 4.69) is 32.4 Å². The van der Waals surface area contributed by atoms with Gasteiger partial charge in [0, 0.05) is 12.5 Å². The van der Waals surface area contributed by atoms with Crippen LogP contribution >= 0.6 is 0 Å². The summed E-state index contributed by atoms with van der Waals surface area (Å²) in [5.41, 5.74) is 2.16. The maximum Gasteiger partial charge on any atom is 0.120 e. The fraction of sp³-hybridized carbons (Fsp3) is 0.565. The fourth-order valence-corrected chi connectivity index (χ4v) is 2.92. The zero-order valence-corrected chi connectivity index (χ0v) is 18.1. The van der Waals surface area contributed by atoms with E-state index in [1.165, 1.54) is 25.7 Å². The van der Waals surface area contributed by atoms with Gasteiger partial charge in [-0.2, -0.15) is 0 Å². The number of benzene rings is 1. The Labute approximate surface area is 167 Å². The van der Waals surface area contributed by atoms with Crippen molar-refractivity contribution in [1.82, 2.24) is 5.32 Å². The van der Waals surface area contributed by atoms with E-state index in [1.807, 2.05) is 33.6 Å². The largest absolute Gasteiger partial charge is 0.508 e. The van der Waals surface area contributed by atoms with Gasteiger partial charge in [0.05, 0.1) is 0 Å². The Morgan fingerprint density at radius 2 is 1.74 bits per heavy atom.